The molecule has 0 amide bonds. The molecule has 2 N–H and O–H groups in total. The molecule has 0 saturated heterocycles. The van der Waals surface area contributed by atoms with Gasteiger partial charge in [0.05, 0.1) is 5.69 Å². The number of rotatable bonds is 0. The average molecular weight is 215 g/mol. The van der Waals surface area contributed by atoms with E-state index in [4.69, 9.17) is 11.0 Å². The van der Waals surface area contributed by atoms with Gasteiger partial charge in [0.15, 0.2) is 0 Å². The second kappa shape index (κ2) is 2.89. The van der Waals surface area contributed by atoms with Crippen molar-refractivity contribution >= 4 is 21.6 Å². The summed E-state index contributed by atoms with van der Waals surface area (Å²) in [6.07, 6.45) is 0. The topological polar surface area (TPSA) is 49.8 Å². The SMILES string of the molecule is N#Cc1c(F)ccc(Br)c1N. The van der Waals surface area contributed by atoms with Gasteiger partial charge < -0.3 is 5.73 Å². The third-order valence-electron chi connectivity index (χ3n) is 1.25. The molecule has 56 valence electrons. The highest BCUT2D eigenvalue weighted by Crippen LogP contribution is 2.24. The highest BCUT2D eigenvalue weighted by molar-refractivity contribution is 9.10. The largest absolute Gasteiger partial charge is 0.397 e. The number of nitrogens with zero attached hydrogens (tertiary/aromatic N) is 1. The van der Waals surface area contributed by atoms with Crippen LogP contribution in [0.25, 0.3) is 0 Å². The first-order valence-electron chi connectivity index (χ1n) is 2.80. The third-order valence-corrected chi connectivity index (χ3v) is 1.94. The maximum Gasteiger partial charge on any atom is 0.143 e. The molecule has 0 unspecified atom stereocenters. The fourth-order valence-corrected chi connectivity index (χ4v) is 1.01. The Morgan fingerprint density at radius 3 is 2.64 bits per heavy atom. The molecule has 0 aliphatic heterocycles. The Kier molecular flexibility index (Phi) is 2.11. The normalized spacial score (nSPS) is 9.18. The van der Waals surface area contributed by atoms with Gasteiger partial charge in [-0.1, -0.05) is 0 Å². The number of halogens is 2. The fraction of sp³-hybridized carbons (Fsp3) is 0. The van der Waals surface area contributed by atoms with Gasteiger partial charge in [-0.2, -0.15) is 5.26 Å². The smallest absolute Gasteiger partial charge is 0.143 e. The van der Waals surface area contributed by atoms with E-state index >= 15 is 0 Å². The van der Waals surface area contributed by atoms with Crippen molar-refractivity contribution in [3.8, 4) is 6.07 Å². The molecule has 0 bridgehead atoms. The van der Waals surface area contributed by atoms with Crippen molar-refractivity contribution in [2.24, 2.45) is 0 Å². The van der Waals surface area contributed by atoms with Crippen LogP contribution in [0.3, 0.4) is 0 Å². The van der Waals surface area contributed by atoms with Crippen LogP contribution in [0.15, 0.2) is 16.6 Å². The van der Waals surface area contributed by atoms with E-state index in [2.05, 4.69) is 15.9 Å². The van der Waals surface area contributed by atoms with Crippen molar-refractivity contribution in [3.63, 3.8) is 0 Å². The molecule has 11 heavy (non-hydrogen) atoms. The highest BCUT2D eigenvalue weighted by Gasteiger charge is 2.07. The lowest BCUT2D eigenvalue weighted by Crippen LogP contribution is -1.94. The minimum Gasteiger partial charge on any atom is -0.397 e. The number of nitrogen functional groups attached to an aromatic ring is 1. The molecule has 1 rings (SSSR count). The summed E-state index contributed by atoms with van der Waals surface area (Å²) >= 11 is 3.08. The van der Waals surface area contributed by atoms with Gasteiger partial charge in [-0.3, -0.25) is 0 Å². The van der Waals surface area contributed by atoms with E-state index in [9.17, 15) is 4.39 Å². The molecule has 0 saturated carbocycles. The van der Waals surface area contributed by atoms with Crippen molar-refractivity contribution in [1.82, 2.24) is 0 Å². The van der Waals surface area contributed by atoms with Gasteiger partial charge in [0.25, 0.3) is 0 Å². The molecule has 0 heterocycles. The number of nitrogens with two attached hydrogens (primary N) is 1. The Balaban J connectivity index is 3.44. The van der Waals surface area contributed by atoms with Crippen LogP contribution in [-0.2, 0) is 0 Å². The first kappa shape index (κ1) is 8.02. The van der Waals surface area contributed by atoms with Crippen molar-refractivity contribution in [2.45, 2.75) is 0 Å². The predicted octanol–water partition coefficient (Wildman–Crippen LogP) is 2.04. The summed E-state index contributed by atoms with van der Waals surface area (Å²) in [4.78, 5) is 0. The zero-order valence-corrected chi connectivity index (χ0v) is 7.02. The molecular weight excluding hydrogens is 211 g/mol. The highest BCUT2D eigenvalue weighted by atomic mass is 79.9. The molecular formula is C7H4BrFN2. The Morgan fingerprint density at radius 2 is 2.18 bits per heavy atom. The molecule has 0 spiro atoms. The van der Waals surface area contributed by atoms with E-state index in [-0.39, 0.29) is 11.3 Å². The Bertz CT molecular complexity index is 330. The summed E-state index contributed by atoms with van der Waals surface area (Å²) in [6, 6.07) is 4.33. The van der Waals surface area contributed by atoms with E-state index < -0.39 is 5.82 Å². The lowest BCUT2D eigenvalue weighted by molar-refractivity contribution is 0.624. The minimum absolute atomic E-state index is 0.112. The van der Waals surface area contributed by atoms with Crippen LogP contribution in [0.2, 0.25) is 0 Å². The van der Waals surface area contributed by atoms with E-state index in [1.54, 1.807) is 6.07 Å². The van der Waals surface area contributed by atoms with Gasteiger partial charge in [0.1, 0.15) is 17.4 Å². The molecule has 1 aromatic carbocycles. The van der Waals surface area contributed by atoms with Crippen LogP contribution >= 0.6 is 15.9 Å². The van der Waals surface area contributed by atoms with Crippen LogP contribution in [0.1, 0.15) is 5.56 Å². The van der Waals surface area contributed by atoms with Crippen LogP contribution < -0.4 is 5.73 Å². The molecule has 0 fully saturated rings. The third kappa shape index (κ3) is 1.33. The van der Waals surface area contributed by atoms with Gasteiger partial charge in [0.2, 0.25) is 0 Å². The molecule has 0 radical (unpaired) electrons. The van der Waals surface area contributed by atoms with Crippen LogP contribution in [0, 0.1) is 17.1 Å². The lowest BCUT2D eigenvalue weighted by Gasteiger charge is -1.99. The quantitative estimate of drug-likeness (QED) is 0.673. The summed E-state index contributed by atoms with van der Waals surface area (Å²) in [5.74, 6) is -0.590. The average Bonchev–Trinajstić information content (AvgIpc) is 1.99. The Morgan fingerprint density at radius 1 is 1.55 bits per heavy atom. The van der Waals surface area contributed by atoms with Crippen LogP contribution in [0.5, 0.6) is 0 Å². The maximum absolute atomic E-state index is 12.7. The molecule has 2 nitrogen and oxygen atoms in total. The second-order valence-corrected chi connectivity index (χ2v) is 2.78. The lowest BCUT2D eigenvalue weighted by atomic mass is 10.2. The van der Waals surface area contributed by atoms with Crippen LogP contribution in [0.4, 0.5) is 10.1 Å². The van der Waals surface area contributed by atoms with Gasteiger partial charge >= 0.3 is 0 Å². The first-order chi connectivity index (χ1) is 5.16. The van der Waals surface area contributed by atoms with Crippen molar-refractivity contribution in [1.29, 1.82) is 5.26 Å². The zero-order chi connectivity index (χ0) is 8.43. The molecule has 1 aromatic rings. The molecule has 0 aliphatic carbocycles. The number of hydrogen-bond donors (Lipinski definition) is 1. The van der Waals surface area contributed by atoms with Gasteiger partial charge in [-0.05, 0) is 28.1 Å². The molecule has 0 aliphatic rings. The summed E-state index contributed by atoms with van der Waals surface area (Å²) in [7, 11) is 0. The number of hydrogen-bond acceptors (Lipinski definition) is 2. The van der Waals surface area contributed by atoms with Crippen molar-refractivity contribution in [3.05, 3.63) is 28.0 Å². The fourth-order valence-electron chi connectivity index (χ4n) is 0.681. The summed E-state index contributed by atoms with van der Waals surface area (Å²) in [6.45, 7) is 0. The molecule has 0 aromatic heterocycles. The zero-order valence-electron chi connectivity index (χ0n) is 5.44. The van der Waals surface area contributed by atoms with Crippen molar-refractivity contribution in [2.75, 3.05) is 5.73 Å². The van der Waals surface area contributed by atoms with E-state index in [1.807, 2.05) is 0 Å². The number of anilines is 1. The maximum atomic E-state index is 12.7. The first-order valence-corrected chi connectivity index (χ1v) is 3.59. The van der Waals surface area contributed by atoms with E-state index in [0.29, 0.717) is 4.47 Å². The van der Waals surface area contributed by atoms with E-state index in [1.165, 1.54) is 12.1 Å². The van der Waals surface area contributed by atoms with Crippen molar-refractivity contribution < 1.29 is 4.39 Å². The number of nitriles is 1. The molecule has 0 atom stereocenters. The minimum atomic E-state index is -0.590. The monoisotopic (exact) mass is 214 g/mol. The van der Waals surface area contributed by atoms with Gasteiger partial charge in [0, 0.05) is 4.47 Å². The second-order valence-electron chi connectivity index (χ2n) is 1.93. The summed E-state index contributed by atoms with van der Waals surface area (Å²) in [5.41, 5.74) is 5.42. The Hall–Kier alpha value is -1.08. The van der Waals surface area contributed by atoms with Gasteiger partial charge in [-0.15, -0.1) is 0 Å². The summed E-state index contributed by atoms with van der Waals surface area (Å²) in [5, 5.41) is 8.43. The standard InChI is InChI=1S/C7H4BrFN2/c8-5-1-2-6(9)4(3-10)7(5)11/h1-2H,11H2. The van der Waals surface area contributed by atoms with Crippen LogP contribution in [-0.4, -0.2) is 0 Å². The molecule has 4 heteroatoms. The number of benzene rings is 1. The summed E-state index contributed by atoms with van der Waals surface area (Å²) < 4.78 is 13.2. The predicted molar refractivity (Wildman–Crippen MR) is 43.2 cm³/mol. The van der Waals surface area contributed by atoms with Gasteiger partial charge in [-0.25, -0.2) is 4.39 Å². The Labute approximate surface area is 71.6 Å². The van der Waals surface area contributed by atoms with E-state index in [0.717, 1.165) is 0 Å².